The average Bonchev–Trinajstić information content (AvgIpc) is 2.68. The van der Waals surface area contributed by atoms with Gasteiger partial charge in [0.2, 0.25) is 0 Å². The Hall–Kier alpha value is -0.770. The standard InChI is InChI=1S/C22H44O8/c1-5-6-7-9-24-11-13-26-15-17-28-19-20-29-18-16-27-14-12-25-10-8-21(23)30-22(2,3)4/h5-20H2,1-4H3. The van der Waals surface area contributed by atoms with Gasteiger partial charge in [-0.25, -0.2) is 0 Å². The van der Waals surface area contributed by atoms with Gasteiger partial charge in [-0.1, -0.05) is 19.8 Å². The number of esters is 1. The Morgan fingerprint density at radius 1 is 0.567 bits per heavy atom. The first-order valence-electron chi connectivity index (χ1n) is 11.1. The molecule has 0 amide bonds. The molecule has 180 valence electrons. The van der Waals surface area contributed by atoms with Gasteiger partial charge in [-0.2, -0.15) is 0 Å². The fourth-order valence-electron chi connectivity index (χ4n) is 2.20. The Labute approximate surface area is 182 Å². The molecular weight excluding hydrogens is 392 g/mol. The van der Waals surface area contributed by atoms with Gasteiger partial charge in [-0.15, -0.1) is 0 Å². The van der Waals surface area contributed by atoms with E-state index < -0.39 is 5.60 Å². The van der Waals surface area contributed by atoms with E-state index in [-0.39, 0.29) is 12.4 Å². The van der Waals surface area contributed by atoms with Crippen LogP contribution in [0.2, 0.25) is 0 Å². The molecule has 0 spiro atoms. The van der Waals surface area contributed by atoms with E-state index in [0.29, 0.717) is 72.7 Å². The molecule has 0 bridgehead atoms. The monoisotopic (exact) mass is 436 g/mol. The summed E-state index contributed by atoms with van der Waals surface area (Å²) in [6.45, 7) is 14.2. The summed E-state index contributed by atoms with van der Waals surface area (Å²) in [5, 5.41) is 0. The zero-order valence-corrected chi connectivity index (χ0v) is 19.6. The van der Waals surface area contributed by atoms with E-state index in [0.717, 1.165) is 13.0 Å². The van der Waals surface area contributed by atoms with Crippen LogP contribution in [0.25, 0.3) is 0 Å². The molecule has 0 aromatic heterocycles. The van der Waals surface area contributed by atoms with Crippen molar-refractivity contribution >= 4 is 5.97 Å². The summed E-state index contributed by atoms with van der Waals surface area (Å²) in [6, 6.07) is 0. The summed E-state index contributed by atoms with van der Waals surface area (Å²) < 4.78 is 37.7. The number of carbonyl (C=O) groups excluding carboxylic acids is 1. The zero-order valence-electron chi connectivity index (χ0n) is 19.6. The molecule has 0 fully saturated rings. The number of hydrogen-bond donors (Lipinski definition) is 0. The van der Waals surface area contributed by atoms with Crippen LogP contribution >= 0.6 is 0 Å². The highest BCUT2D eigenvalue weighted by Gasteiger charge is 2.15. The van der Waals surface area contributed by atoms with E-state index in [1.165, 1.54) is 12.8 Å². The highest BCUT2D eigenvalue weighted by atomic mass is 16.6. The second kappa shape index (κ2) is 21.5. The predicted octanol–water partition coefficient (Wildman–Crippen LogP) is 3.01. The SMILES string of the molecule is CCCCCOCCOCCOCCOCCOCCOCCC(=O)OC(C)(C)C. The average molecular weight is 437 g/mol. The van der Waals surface area contributed by atoms with E-state index in [9.17, 15) is 4.79 Å². The summed E-state index contributed by atoms with van der Waals surface area (Å²) in [5.41, 5.74) is -0.457. The predicted molar refractivity (Wildman–Crippen MR) is 115 cm³/mol. The van der Waals surface area contributed by atoms with Crippen molar-refractivity contribution in [2.45, 2.75) is 59.0 Å². The first-order chi connectivity index (χ1) is 14.5. The molecule has 0 N–H and O–H groups in total. The highest BCUT2D eigenvalue weighted by molar-refractivity contribution is 5.69. The largest absolute Gasteiger partial charge is 0.460 e. The van der Waals surface area contributed by atoms with Crippen molar-refractivity contribution in [1.82, 2.24) is 0 Å². The molecule has 0 rings (SSSR count). The van der Waals surface area contributed by atoms with Gasteiger partial charge in [0, 0.05) is 6.61 Å². The molecule has 0 saturated carbocycles. The summed E-state index contributed by atoms with van der Waals surface area (Å²) in [5.74, 6) is -0.252. The molecule has 30 heavy (non-hydrogen) atoms. The molecule has 0 saturated heterocycles. The molecular formula is C22H44O8. The Balaban J connectivity index is 3.11. The smallest absolute Gasteiger partial charge is 0.308 e. The number of unbranched alkanes of at least 4 members (excludes halogenated alkanes) is 2. The van der Waals surface area contributed by atoms with Crippen molar-refractivity contribution in [2.24, 2.45) is 0 Å². The van der Waals surface area contributed by atoms with Crippen LogP contribution in [-0.4, -0.2) is 90.9 Å². The lowest BCUT2D eigenvalue weighted by atomic mass is 10.2. The van der Waals surface area contributed by atoms with E-state index in [1.54, 1.807) is 0 Å². The third-order valence-electron chi connectivity index (χ3n) is 3.62. The van der Waals surface area contributed by atoms with Gasteiger partial charge in [-0.3, -0.25) is 4.79 Å². The van der Waals surface area contributed by atoms with Gasteiger partial charge in [-0.05, 0) is 27.2 Å². The van der Waals surface area contributed by atoms with Gasteiger partial charge in [0.05, 0.1) is 79.1 Å². The van der Waals surface area contributed by atoms with Crippen LogP contribution in [0.4, 0.5) is 0 Å². The third kappa shape index (κ3) is 25.3. The molecule has 0 aromatic rings. The maximum atomic E-state index is 11.5. The summed E-state index contributed by atoms with van der Waals surface area (Å²) in [6.07, 6.45) is 3.79. The van der Waals surface area contributed by atoms with Gasteiger partial charge in [0.25, 0.3) is 0 Å². The number of rotatable bonds is 22. The van der Waals surface area contributed by atoms with Crippen LogP contribution in [-0.2, 0) is 38.0 Å². The molecule has 0 heterocycles. The summed E-state index contributed by atoms with van der Waals surface area (Å²) in [7, 11) is 0. The molecule has 0 aromatic carbocycles. The second-order valence-corrected chi connectivity index (χ2v) is 7.72. The molecule has 0 aliphatic rings. The highest BCUT2D eigenvalue weighted by Crippen LogP contribution is 2.08. The lowest BCUT2D eigenvalue weighted by Gasteiger charge is -2.19. The van der Waals surface area contributed by atoms with Crippen molar-refractivity contribution in [3.63, 3.8) is 0 Å². The maximum absolute atomic E-state index is 11.5. The van der Waals surface area contributed by atoms with E-state index in [1.807, 2.05) is 20.8 Å². The van der Waals surface area contributed by atoms with Crippen LogP contribution in [0, 0.1) is 0 Å². The Kier molecular flexibility index (Phi) is 20.9. The van der Waals surface area contributed by atoms with Crippen LogP contribution in [0.5, 0.6) is 0 Å². The summed E-state index contributed by atoms with van der Waals surface area (Å²) in [4.78, 5) is 11.5. The molecule has 8 nitrogen and oxygen atoms in total. The molecule has 0 aliphatic heterocycles. The molecule has 0 unspecified atom stereocenters. The van der Waals surface area contributed by atoms with Gasteiger partial charge in [0.1, 0.15) is 5.60 Å². The van der Waals surface area contributed by atoms with Crippen molar-refractivity contribution < 1.29 is 38.0 Å². The second-order valence-electron chi connectivity index (χ2n) is 7.72. The quantitative estimate of drug-likeness (QED) is 0.189. The lowest BCUT2D eigenvalue weighted by molar-refractivity contribution is -0.156. The van der Waals surface area contributed by atoms with Crippen molar-refractivity contribution in [3.05, 3.63) is 0 Å². The normalized spacial score (nSPS) is 11.7. The lowest BCUT2D eigenvalue weighted by Crippen LogP contribution is -2.24. The Bertz CT molecular complexity index is 371. The van der Waals surface area contributed by atoms with Gasteiger partial charge in [0.15, 0.2) is 0 Å². The minimum atomic E-state index is -0.457. The van der Waals surface area contributed by atoms with E-state index in [4.69, 9.17) is 33.2 Å². The van der Waals surface area contributed by atoms with E-state index >= 15 is 0 Å². The van der Waals surface area contributed by atoms with Crippen molar-refractivity contribution in [2.75, 3.05) is 79.3 Å². The topological polar surface area (TPSA) is 81.7 Å². The first kappa shape index (κ1) is 29.2. The minimum absolute atomic E-state index is 0.248. The van der Waals surface area contributed by atoms with E-state index in [2.05, 4.69) is 6.92 Å². The minimum Gasteiger partial charge on any atom is -0.460 e. The first-order valence-corrected chi connectivity index (χ1v) is 11.1. The number of hydrogen-bond acceptors (Lipinski definition) is 8. The number of carbonyl (C=O) groups is 1. The van der Waals surface area contributed by atoms with Crippen LogP contribution in [0.15, 0.2) is 0 Å². The molecule has 8 heteroatoms. The van der Waals surface area contributed by atoms with Crippen molar-refractivity contribution in [3.8, 4) is 0 Å². The van der Waals surface area contributed by atoms with Gasteiger partial charge < -0.3 is 33.2 Å². The fraction of sp³-hybridized carbons (Fsp3) is 0.955. The number of ether oxygens (including phenoxy) is 7. The van der Waals surface area contributed by atoms with Gasteiger partial charge >= 0.3 is 5.97 Å². The third-order valence-corrected chi connectivity index (χ3v) is 3.62. The Morgan fingerprint density at radius 3 is 1.30 bits per heavy atom. The fourth-order valence-corrected chi connectivity index (χ4v) is 2.20. The van der Waals surface area contributed by atoms with Crippen molar-refractivity contribution in [1.29, 1.82) is 0 Å². The summed E-state index contributed by atoms with van der Waals surface area (Å²) >= 11 is 0. The van der Waals surface area contributed by atoms with Crippen LogP contribution in [0.1, 0.15) is 53.4 Å². The zero-order chi connectivity index (χ0) is 22.3. The van der Waals surface area contributed by atoms with Crippen LogP contribution in [0.3, 0.4) is 0 Å². The molecule has 0 atom stereocenters. The maximum Gasteiger partial charge on any atom is 0.308 e. The molecule has 0 aliphatic carbocycles. The van der Waals surface area contributed by atoms with Crippen LogP contribution < -0.4 is 0 Å². The molecule has 0 radical (unpaired) electrons. The Morgan fingerprint density at radius 2 is 0.933 bits per heavy atom.